The van der Waals surface area contributed by atoms with Crippen molar-refractivity contribution in [1.82, 2.24) is 15.2 Å². The molecule has 0 spiro atoms. The average molecular weight is 359 g/mol. The van der Waals surface area contributed by atoms with Gasteiger partial charge in [-0.2, -0.15) is 0 Å². The Hall–Kier alpha value is -1.79. The fourth-order valence-corrected chi connectivity index (χ4v) is 4.81. The number of rotatable bonds is 3. The van der Waals surface area contributed by atoms with E-state index in [1.807, 2.05) is 19.1 Å². The highest BCUT2D eigenvalue weighted by Crippen LogP contribution is 2.43. The number of nitrogens with one attached hydrogen (secondary N) is 1. The minimum Gasteiger partial charge on any atom is -0.356 e. The molecule has 3 heterocycles. The molecule has 2 aliphatic heterocycles. The van der Waals surface area contributed by atoms with Crippen molar-refractivity contribution in [2.45, 2.75) is 44.8 Å². The van der Waals surface area contributed by atoms with E-state index in [1.165, 1.54) is 12.1 Å². The molecular formula is C19H22FN3OS. The first kappa shape index (κ1) is 16.7. The highest BCUT2D eigenvalue weighted by Gasteiger charge is 2.45. The number of thiazole rings is 1. The monoisotopic (exact) mass is 359 g/mol. The summed E-state index contributed by atoms with van der Waals surface area (Å²) < 4.78 is 13.3. The first-order valence-electron chi connectivity index (χ1n) is 8.82. The molecule has 6 heteroatoms. The molecule has 0 saturated carbocycles. The lowest BCUT2D eigenvalue weighted by Crippen LogP contribution is -2.37. The Balaban J connectivity index is 1.67. The van der Waals surface area contributed by atoms with Crippen LogP contribution in [0.2, 0.25) is 0 Å². The van der Waals surface area contributed by atoms with E-state index in [2.05, 4.69) is 20.6 Å². The van der Waals surface area contributed by atoms with Gasteiger partial charge in [-0.25, -0.2) is 9.37 Å². The van der Waals surface area contributed by atoms with Crippen LogP contribution in [0.3, 0.4) is 0 Å². The van der Waals surface area contributed by atoms with Gasteiger partial charge < -0.3 is 5.32 Å². The third-order valence-corrected chi connectivity index (χ3v) is 6.17. The summed E-state index contributed by atoms with van der Waals surface area (Å²) in [6, 6.07) is 7.06. The van der Waals surface area contributed by atoms with Gasteiger partial charge in [0.1, 0.15) is 5.82 Å². The molecule has 2 aromatic rings. The van der Waals surface area contributed by atoms with Crippen molar-refractivity contribution in [2.75, 3.05) is 6.54 Å². The van der Waals surface area contributed by atoms with Crippen molar-refractivity contribution < 1.29 is 9.18 Å². The molecule has 0 radical (unpaired) electrons. The zero-order valence-corrected chi connectivity index (χ0v) is 15.1. The molecule has 1 N–H and O–H groups in total. The summed E-state index contributed by atoms with van der Waals surface area (Å²) in [6.07, 6.45) is 2.78. The van der Waals surface area contributed by atoms with Crippen molar-refractivity contribution in [2.24, 2.45) is 5.92 Å². The molecule has 1 aromatic carbocycles. The van der Waals surface area contributed by atoms with E-state index in [-0.39, 0.29) is 29.7 Å². The molecular weight excluding hydrogens is 337 g/mol. The van der Waals surface area contributed by atoms with Gasteiger partial charge >= 0.3 is 0 Å². The maximum atomic E-state index is 13.3. The predicted molar refractivity (Wildman–Crippen MR) is 95.7 cm³/mol. The molecule has 0 unspecified atom stereocenters. The number of aryl methyl sites for hydroxylation is 1. The van der Waals surface area contributed by atoms with Gasteiger partial charge in [0.2, 0.25) is 5.91 Å². The van der Waals surface area contributed by atoms with Crippen molar-refractivity contribution in [3.8, 4) is 0 Å². The first-order chi connectivity index (χ1) is 12.1. The van der Waals surface area contributed by atoms with Crippen LogP contribution in [-0.4, -0.2) is 28.4 Å². The second-order valence-corrected chi connectivity index (χ2v) is 8.00. The van der Waals surface area contributed by atoms with Crippen molar-refractivity contribution in [3.05, 3.63) is 51.7 Å². The van der Waals surface area contributed by atoms with Gasteiger partial charge in [0, 0.05) is 30.6 Å². The summed E-state index contributed by atoms with van der Waals surface area (Å²) in [5.74, 6) is -0.0701. The Kier molecular flexibility index (Phi) is 4.56. The summed E-state index contributed by atoms with van der Waals surface area (Å²) in [5.41, 5.74) is 2.13. The van der Waals surface area contributed by atoms with Crippen LogP contribution in [0.5, 0.6) is 0 Å². The van der Waals surface area contributed by atoms with Gasteiger partial charge in [0.25, 0.3) is 0 Å². The van der Waals surface area contributed by atoms with E-state index in [0.717, 1.165) is 48.6 Å². The summed E-state index contributed by atoms with van der Waals surface area (Å²) in [5, 5.41) is 6.20. The maximum Gasteiger partial charge on any atom is 0.224 e. The van der Waals surface area contributed by atoms with Gasteiger partial charge in [0.05, 0.1) is 16.6 Å². The van der Waals surface area contributed by atoms with Gasteiger partial charge in [-0.05, 0) is 43.9 Å². The third kappa shape index (κ3) is 3.33. The highest BCUT2D eigenvalue weighted by molar-refractivity contribution is 7.09. The molecule has 1 aromatic heterocycles. The molecule has 0 aliphatic carbocycles. The molecule has 2 aliphatic rings. The zero-order valence-electron chi connectivity index (χ0n) is 14.2. The Bertz CT molecular complexity index is 760. The van der Waals surface area contributed by atoms with Crippen LogP contribution in [0.25, 0.3) is 0 Å². The average Bonchev–Trinajstić information content (AvgIpc) is 3.11. The number of nitrogens with zero attached hydrogens (tertiary/aromatic N) is 2. The fourth-order valence-electron chi connectivity index (χ4n) is 4.21. The number of halogens is 1. The lowest BCUT2D eigenvalue weighted by molar-refractivity contribution is -0.125. The van der Waals surface area contributed by atoms with E-state index in [0.29, 0.717) is 0 Å². The van der Waals surface area contributed by atoms with Gasteiger partial charge in [0.15, 0.2) is 0 Å². The lowest BCUT2D eigenvalue weighted by atomic mass is 9.94. The predicted octanol–water partition coefficient (Wildman–Crippen LogP) is 3.43. The lowest BCUT2D eigenvalue weighted by Gasteiger charge is -2.30. The Morgan fingerprint density at radius 2 is 2.16 bits per heavy atom. The largest absolute Gasteiger partial charge is 0.356 e. The van der Waals surface area contributed by atoms with Crippen molar-refractivity contribution in [3.63, 3.8) is 0 Å². The van der Waals surface area contributed by atoms with E-state index in [9.17, 15) is 9.18 Å². The second-order valence-electron chi connectivity index (χ2n) is 6.94. The Labute approximate surface area is 151 Å². The van der Waals surface area contributed by atoms with Crippen LogP contribution in [0.4, 0.5) is 4.39 Å². The number of carbonyl (C=O) groups excluding carboxylic acids is 1. The Morgan fingerprint density at radius 1 is 1.36 bits per heavy atom. The van der Waals surface area contributed by atoms with E-state index < -0.39 is 0 Å². The van der Waals surface area contributed by atoms with Crippen LogP contribution >= 0.6 is 11.3 Å². The second kappa shape index (κ2) is 6.84. The SMILES string of the molecule is Cc1nc(CN2[C@H](c3ccc(F)cc3)C[C@H]3C(=O)NCCC[C@@H]32)cs1. The quantitative estimate of drug-likeness (QED) is 0.913. The van der Waals surface area contributed by atoms with Gasteiger partial charge in [-0.3, -0.25) is 9.69 Å². The molecule has 132 valence electrons. The number of likely N-dealkylation sites (tertiary alicyclic amines) is 1. The number of benzene rings is 1. The summed E-state index contributed by atoms with van der Waals surface area (Å²) in [4.78, 5) is 19.5. The number of amides is 1. The molecule has 0 bridgehead atoms. The first-order valence-corrected chi connectivity index (χ1v) is 9.70. The van der Waals surface area contributed by atoms with Crippen LogP contribution in [0.1, 0.15) is 41.6 Å². The van der Waals surface area contributed by atoms with Crippen LogP contribution in [-0.2, 0) is 11.3 Å². The number of hydrogen-bond acceptors (Lipinski definition) is 4. The fraction of sp³-hybridized carbons (Fsp3) is 0.474. The van der Waals surface area contributed by atoms with Crippen molar-refractivity contribution in [1.29, 1.82) is 0 Å². The van der Waals surface area contributed by atoms with Crippen LogP contribution in [0, 0.1) is 18.7 Å². The highest BCUT2D eigenvalue weighted by atomic mass is 32.1. The van der Waals surface area contributed by atoms with Crippen molar-refractivity contribution >= 4 is 17.2 Å². The smallest absolute Gasteiger partial charge is 0.224 e. The molecule has 2 saturated heterocycles. The van der Waals surface area contributed by atoms with Crippen LogP contribution in [0.15, 0.2) is 29.6 Å². The molecule has 1 amide bonds. The zero-order chi connectivity index (χ0) is 17.4. The maximum absolute atomic E-state index is 13.3. The standard InChI is InChI=1S/C19H22FN3OS/c1-12-22-15(11-25-12)10-23-17-3-2-8-21-19(24)16(17)9-18(23)13-4-6-14(20)7-5-13/h4-7,11,16-18H,2-3,8-10H2,1H3,(H,21,24)/t16-,17+,18+/m1/s1. The molecule has 3 atom stereocenters. The summed E-state index contributed by atoms with van der Waals surface area (Å²) >= 11 is 1.65. The van der Waals surface area contributed by atoms with E-state index >= 15 is 0 Å². The van der Waals surface area contributed by atoms with E-state index in [4.69, 9.17) is 0 Å². The number of aromatic nitrogens is 1. The number of fused-ring (bicyclic) bond motifs is 1. The number of hydrogen-bond donors (Lipinski definition) is 1. The summed E-state index contributed by atoms with van der Waals surface area (Å²) in [7, 11) is 0. The number of carbonyl (C=O) groups is 1. The van der Waals surface area contributed by atoms with Gasteiger partial charge in [-0.1, -0.05) is 12.1 Å². The molecule has 4 nitrogen and oxygen atoms in total. The summed E-state index contributed by atoms with van der Waals surface area (Å²) in [6.45, 7) is 3.51. The molecule has 4 rings (SSSR count). The topological polar surface area (TPSA) is 45.2 Å². The molecule has 25 heavy (non-hydrogen) atoms. The minimum atomic E-state index is -0.226. The third-order valence-electron chi connectivity index (χ3n) is 5.35. The van der Waals surface area contributed by atoms with E-state index in [1.54, 1.807) is 11.3 Å². The Morgan fingerprint density at radius 3 is 2.88 bits per heavy atom. The molecule has 2 fully saturated rings. The normalized spacial score (nSPS) is 27.0. The minimum absolute atomic E-state index is 0.00251. The van der Waals surface area contributed by atoms with Crippen LogP contribution < -0.4 is 5.32 Å². The van der Waals surface area contributed by atoms with Gasteiger partial charge in [-0.15, -0.1) is 11.3 Å².